The molecule has 10 heteroatoms. The lowest BCUT2D eigenvalue weighted by molar-refractivity contribution is 0.601. The first kappa shape index (κ1) is 18.2. The molecule has 2 aromatic carbocycles. The molecule has 3 aromatic rings. The van der Waals surface area contributed by atoms with Crippen LogP contribution in [-0.4, -0.2) is 18.5 Å². The molecule has 0 bridgehead atoms. The quantitative estimate of drug-likeness (QED) is 0.556. The molecule has 3 rings (SSSR count). The normalized spacial score (nSPS) is 11.0. The third-order valence-corrected chi connectivity index (χ3v) is 5.56. The third-order valence-electron chi connectivity index (χ3n) is 3.18. The maximum Gasteiger partial charge on any atom is 0.263 e. The number of sulfonamides is 1. The first-order valence-corrected chi connectivity index (χ1v) is 10.1. The molecule has 0 radical (unpaired) electrons. The predicted octanol–water partition coefficient (Wildman–Crippen LogP) is 3.89. The van der Waals surface area contributed by atoms with Gasteiger partial charge in [-0.25, -0.2) is 17.8 Å². The molecule has 3 N–H and O–H groups in total. The molecule has 0 saturated carbocycles. The van der Waals surface area contributed by atoms with Gasteiger partial charge in [-0.3, -0.25) is 4.72 Å². The minimum absolute atomic E-state index is 0.107. The molecule has 134 valence electrons. The monoisotopic (exact) mass is 408 g/mol. The van der Waals surface area contributed by atoms with E-state index in [-0.39, 0.29) is 10.7 Å². The van der Waals surface area contributed by atoms with Gasteiger partial charge in [0.15, 0.2) is 10.2 Å². The van der Waals surface area contributed by atoms with E-state index in [9.17, 15) is 12.8 Å². The van der Waals surface area contributed by atoms with E-state index in [1.807, 2.05) is 0 Å². The van der Waals surface area contributed by atoms with Crippen LogP contribution >= 0.6 is 23.6 Å². The van der Waals surface area contributed by atoms with Crippen molar-refractivity contribution in [1.82, 2.24) is 4.98 Å². The number of hydrogen-bond donors (Lipinski definition) is 3. The fourth-order valence-electron chi connectivity index (χ4n) is 1.99. The summed E-state index contributed by atoms with van der Waals surface area (Å²) in [5.41, 5.74) is 1.24. The number of halogens is 1. The maximum absolute atomic E-state index is 12.9. The molecule has 1 aromatic heterocycles. The van der Waals surface area contributed by atoms with Crippen LogP contribution in [0.5, 0.6) is 0 Å². The Morgan fingerprint density at radius 1 is 1.00 bits per heavy atom. The summed E-state index contributed by atoms with van der Waals surface area (Å²) in [5, 5.41) is 8.12. The molecule has 0 aliphatic heterocycles. The van der Waals surface area contributed by atoms with Gasteiger partial charge in [-0.1, -0.05) is 0 Å². The minimum atomic E-state index is -3.69. The molecular weight excluding hydrogens is 395 g/mol. The number of hydrogen-bond acceptors (Lipinski definition) is 5. The average molecular weight is 409 g/mol. The van der Waals surface area contributed by atoms with Gasteiger partial charge in [-0.2, -0.15) is 0 Å². The molecule has 0 unspecified atom stereocenters. The second kappa shape index (κ2) is 7.77. The minimum Gasteiger partial charge on any atom is -0.332 e. The maximum atomic E-state index is 12.9. The number of anilines is 3. The van der Waals surface area contributed by atoms with E-state index >= 15 is 0 Å². The highest BCUT2D eigenvalue weighted by Gasteiger charge is 2.15. The van der Waals surface area contributed by atoms with E-state index in [4.69, 9.17) is 12.2 Å². The van der Waals surface area contributed by atoms with Crippen LogP contribution < -0.4 is 15.4 Å². The molecule has 6 nitrogen and oxygen atoms in total. The van der Waals surface area contributed by atoms with Crippen LogP contribution in [-0.2, 0) is 10.0 Å². The molecule has 0 aliphatic carbocycles. The number of thiocarbonyl (C=S) groups is 1. The van der Waals surface area contributed by atoms with Crippen molar-refractivity contribution in [3.8, 4) is 0 Å². The van der Waals surface area contributed by atoms with Crippen molar-refractivity contribution in [1.29, 1.82) is 0 Å². The standard InChI is InChI=1S/C16H13FN4O2S3/c17-11-1-3-12(4-2-11)19-15(24)20-13-5-7-14(8-6-13)26(22,23)21-16-18-9-10-25-16/h1-10H,(H,18,21)(H2,19,20,24). The molecular formula is C16H13FN4O2S3. The van der Waals surface area contributed by atoms with Crippen LogP contribution in [0.2, 0.25) is 0 Å². The lowest BCUT2D eigenvalue weighted by Gasteiger charge is -2.11. The van der Waals surface area contributed by atoms with Crippen LogP contribution in [0.15, 0.2) is 65.0 Å². The van der Waals surface area contributed by atoms with Crippen molar-refractivity contribution < 1.29 is 12.8 Å². The molecule has 0 atom stereocenters. The molecule has 1 heterocycles. The van der Waals surface area contributed by atoms with Gasteiger partial charge in [0.1, 0.15) is 5.82 Å². The van der Waals surface area contributed by atoms with Gasteiger partial charge in [0, 0.05) is 23.0 Å². The first-order chi connectivity index (χ1) is 12.4. The summed E-state index contributed by atoms with van der Waals surface area (Å²) in [6.45, 7) is 0. The van der Waals surface area contributed by atoms with Gasteiger partial charge in [0.25, 0.3) is 10.0 Å². The zero-order chi connectivity index (χ0) is 18.6. The lowest BCUT2D eigenvalue weighted by atomic mass is 10.3. The fraction of sp³-hybridized carbons (Fsp3) is 0. The van der Waals surface area contributed by atoms with E-state index in [1.165, 1.54) is 41.8 Å². The Balaban J connectivity index is 1.63. The van der Waals surface area contributed by atoms with Gasteiger partial charge >= 0.3 is 0 Å². The summed E-state index contributed by atoms with van der Waals surface area (Å²) in [6.07, 6.45) is 1.52. The summed E-state index contributed by atoms with van der Waals surface area (Å²) in [5.74, 6) is -0.336. The van der Waals surface area contributed by atoms with Crippen molar-refractivity contribution in [2.75, 3.05) is 15.4 Å². The van der Waals surface area contributed by atoms with Crippen LogP contribution in [0.25, 0.3) is 0 Å². The number of benzene rings is 2. The molecule has 0 fully saturated rings. The summed E-state index contributed by atoms with van der Waals surface area (Å²) >= 11 is 6.38. The van der Waals surface area contributed by atoms with E-state index < -0.39 is 10.0 Å². The highest BCUT2D eigenvalue weighted by molar-refractivity contribution is 7.93. The van der Waals surface area contributed by atoms with Crippen molar-refractivity contribution in [3.63, 3.8) is 0 Å². The van der Waals surface area contributed by atoms with Crippen molar-refractivity contribution >= 4 is 55.2 Å². The molecule has 26 heavy (non-hydrogen) atoms. The van der Waals surface area contributed by atoms with Crippen LogP contribution in [0.4, 0.5) is 20.9 Å². The summed E-state index contributed by atoms with van der Waals surface area (Å²) in [7, 11) is -3.69. The van der Waals surface area contributed by atoms with E-state index in [0.29, 0.717) is 21.6 Å². The largest absolute Gasteiger partial charge is 0.332 e. The Hall–Kier alpha value is -2.56. The third kappa shape index (κ3) is 4.75. The Labute approximate surface area is 159 Å². The van der Waals surface area contributed by atoms with Gasteiger partial charge in [0.05, 0.1) is 4.90 Å². The molecule has 0 aliphatic rings. The number of nitrogens with one attached hydrogen (secondary N) is 3. The summed E-state index contributed by atoms with van der Waals surface area (Å²) in [4.78, 5) is 4.00. The van der Waals surface area contributed by atoms with Gasteiger partial charge in [0.2, 0.25) is 0 Å². The number of thiazole rings is 1. The van der Waals surface area contributed by atoms with Gasteiger partial charge < -0.3 is 10.6 Å². The zero-order valence-corrected chi connectivity index (χ0v) is 15.6. The van der Waals surface area contributed by atoms with E-state index in [1.54, 1.807) is 29.6 Å². The SMILES string of the molecule is O=S(=O)(Nc1nccs1)c1ccc(NC(=S)Nc2ccc(F)cc2)cc1. The number of aromatic nitrogens is 1. The molecule has 0 saturated heterocycles. The van der Waals surface area contributed by atoms with E-state index in [0.717, 1.165) is 0 Å². The summed E-state index contributed by atoms with van der Waals surface area (Å²) in [6, 6.07) is 11.9. The van der Waals surface area contributed by atoms with Crippen LogP contribution in [0.1, 0.15) is 0 Å². The first-order valence-electron chi connectivity index (χ1n) is 7.28. The van der Waals surface area contributed by atoms with Gasteiger partial charge in [-0.05, 0) is 60.7 Å². The molecule has 0 spiro atoms. The summed E-state index contributed by atoms with van der Waals surface area (Å²) < 4.78 is 39.8. The smallest absolute Gasteiger partial charge is 0.263 e. The lowest BCUT2D eigenvalue weighted by Crippen LogP contribution is -2.19. The Bertz CT molecular complexity index is 989. The van der Waals surface area contributed by atoms with Crippen molar-refractivity contribution in [2.24, 2.45) is 0 Å². The second-order valence-corrected chi connectivity index (χ2v) is 8.04. The number of rotatable bonds is 5. The molecule has 0 amide bonds. The van der Waals surface area contributed by atoms with Gasteiger partial charge in [-0.15, -0.1) is 11.3 Å². The Morgan fingerprint density at radius 3 is 2.12 bits per heavy atom. The highest BCUT2D eigenvalue weighted by Crippen LogP contribution is 2.19. The highest BCUT2D eigenvalue weighted by atomic mass is 32.2. The average Bonchev–Trinajstić information content (AvgIpc) is 3.09. The fourth-order valence-corrected chi connectivity index (χ4v) is 4.02. The van der Waals surface area contributed by atoms with Crippen molar-refractivity contribution in [2.45, 2.75) is 4.90 Å². The Kier molecular flexibility index (Phi) is 5.45. The zero-order valence-electron chi connectivity index (χ0n) is 13.1. The van der Waals surface area contributed by atoms with Crippen LogP contribution in [0, 0.1) is 5.82 Å². The van der Waals surface area contributed by atoms with Crippen molar-refractivity contribution in [3.05, 3.63) is 65.9 Å². The predicted molar refractivity (Wildman–Crippen MR) is 106 cm³/mol. The topological polar surface area (TPSA) is 83.1 Å². The number of nitrogens with zero attached hydrogens (tertiary/aromatic N) is 1. The Morgan fingerprint density at radius 2 is 1.58 bits per heavy atom. The van der Waals surface area contributed by atoms with E-state index in [2.05, 4.69) is 20.3 Å². The van der Waals surface area contributed by atoms with Crippen LogP contribution in [0.3, 0.4) is 0 Å². The second-order valence-electron chi connectivity index (χ2n) is 5.05.